The van der Waals surface area contributed by atoms with Gasteiger partial charge < -0.3 is 9.30 Å². The Balaban J connectivity index is 1.94. The Labute approximate surface area is 149 Å². The fraction of sp³-hybridized carbons (Fsp3) is 0.158. The number of rotatable bonds is 5. The number of carbonyl (C=O) groups excluding carboxylic acids is 1. The second kappa shape index (κ2) is 7.45. The third-order valence-electron chi connectivity index (χ3n) is 3.70. The van der Waals surface area contributed by atoms with Crippen LogP contribution in [0.15, 0.2) is 71.5 Å². The van der Waals surface area contributed by atoms with Crippen LogP contribution in [0, 0.1) is 0 Å². The van der Waals surface area contributed by atoms with Crippen LogP contribution in [0.3, 0.4) is 0 Å². The van der Waals surface area contributed by atoms with Crippen molar-refractivity contribution in [3.8, 4) is 0 Å². The maximum absolute atomic E-state index is 12.7. The summed E-state index contributed by atoms with van der Waals surface area (Å²) < 4.78 is 8.53. The highest BCUT2D eigenvalue weighted by Gasteiger charge is 2.23. The predicted octanol–water partition coefficient (Wildman–Crippen LogP) is 4.61. The largest absolute Gasteiger partial charge is 0.446 e. The van der Waals surface area contributed by atoms with Crippen molar-refractivity contribution in [2.75, 3.05) is 0 Å². The van der Waals surface area contributed by atoms with E-state index in [0.717, 1.165) is 10.0 Å². The molecule has 1 unspecified atom stereocenters. The van der Waals surface area contributed by atoms with Crippen LogP contribution >= 0.6 is 15.9 Å². The molecule has 0 aliphatic heterocycles. The first-order valence-electron chi connectivity index (χ1n) is 7.71. The van der Waals surface area contributed by atoms with Crippen LogP contribution in [-0.2, 0) is 11.3 Å². The van der Waals surface area contributed by atoms with Crippen LogP contribution in [0.1, 0.15) is 34.8 Å². The van der Waals surface area contributed by atoms with Crippen molar-refractivity contribution in [2.24, 2.45) is 0 Å². The lowest BCUT2D eigenvalue weighted by molar-refractivity contribution is 0.0358. The molecule has 1 atom stereocenters. The molecule has 5 heteroatoms. The zero-order valence-corrected chi connectivity index (χ0v) is 14.8. The third-order valence-corrected chi connectivity index (χ3v) is 4.13. The van der Waals surface area contributed by atoms with Gasteiger partial charge in [0, 0.05) is 23.4 Å². The van der Waals surface area contributed by atoms with Gasteiger partial charge in [0.05, 0.1) is 5.69 Å². The Hall–Kier alpha value is -2.40. The Morgan fingerprint density at radius 3 is 2.62 bits per heavy atom. The number of carbonyl (C=O) groups is 1. The zero-order chi connectivity index (χ0) is 16.9. The first kappa shape index (κ1) is 16.5. The van der Waals surface area contributed by atoms with E-state index < -0.39 is 6.10 Å². The summed E-state index contributed by atoms with van der Waals surface area (Å²) in [6.45, 7) is 2.67. The van der Waals surface area contributed by atoms with E-state index in [0.29, 0.717) is 17.9 Å². The van der Waals surface area contributed by atoms with Crippen molar-refractivity contribution in [3.05, 3.63) is 88.4 Å². The summed E-state index contributed by atoms with van der Waals surface area (Å²) in [6.07, 6.45) is 3.03. The Morgan fingerprint density at radius 1 is 1.21 bits per heavy atom. The molecule has 24 heavy (non-hydrogen) atoms. The number of aryl methyl sites for hydroxylation is 1. The van der Waals surface area contributed by atoms with Gasteiger partial charge in [0.1, 0.15) is 5.69 Å². The standard InChI is InChI=1S/C19H17BrN2O2/c1-2-22-13-15(20)12-17(22)19(23)24-18(14-8-4-3-5-9-14)16-10-6-7-11-21-16/h3-13,18H,2H2,1H3. The topological polar surface area (TPSA) is 44.1 Å². The van der Waals surface area contributed by atoms with Gasteiger partial charge in [0.2, 0.25) is 0 Å². The van der Waals surface area contributed by atoms with E-state index in [1.54, 1.807) is 12.3 Å². The molecule has 4 nitrogen and oxygen atoms in total. The van der Waals surface area contributed by atoms with Crippen molar-refractivity contribution in [3.63, 3.8) is 0 Å². The average Bonchev–Trinajstić information content (AvgIpc) is 3.02. The number of benzene rings is 1. The second-order valence-corrected chi connectivity index (χ2v) is 6.20. The van der Waals surface area contributed by atoms with E-state index in [9.17, 15) is 4.79 Å². The van der Waals surface area contributed by atoms with Gasteiger partial charge in [0.15, 0.2) is 6.10 Å². The van der Waals surface area contributed by atoms with Gasteiger partial charge in [-0.3, -0.25) is 4.98 Å². The summed E-state index contributed by atoms with van der Waals surface area (Å²) >= 11 is 3.41. The fourth-order valence-corrected chi connectivity index (χ4v) is 3.00. The molecule has 0 N–H and O–H groups in total. The molecule has 0 aliphatic rings. The number of hydrogen-bond acceptors (Lipinski definition) is 3. The molecule has 0 saturated carbocycles. The summed E-state index contributed by atoms with van der Waals surface area (Å²) in [5.41, 5.74) is 2.10. The molecule has 3 aromatic rings. The van der Waals surface area contributed by atoms with Gasteiger partial charge in [-0.15, -0.1) is 0 Å². The average molecular weight is 385 g/mol. The van der Waals surface area contributed by atoms with Crippen LogP contribution in [0.5, 0.6) is 0 Å². The smallest absolute Gasteiger partial charge is 0.355 e. The maximum Gasteiger partial charge on any atom is 0.355 e. The van der Waals surface area contributed by atoms with E-state index in [1.165, 1.54) is 0 Å². The van der Waals surface area contributed by atoms with Crippen LogP contribution in [-0.4, -0.2) is 15.5 Å². The lowest BCUT2D eigenvalue weighted by atomic mass is 10.1. The van der Waals surface area contributed by atoms with Gasteiger partial charge in [-0.2, -0.15) is 0 Å². The molecule has 0 bridgehead atoms. The van der Waals surface area contributed by atoms with E-state index >= 15 is 0 Å². The highest BCUT2D eigenvalue weighted by Crippen LogP contribution is 2.26. The predicted molar refractivity (Wildman–Crippen MR) is 95.7 cm³/mol. The molecule has 0 radical (unpaired) electrons. The number of pyridine rings is 1. The molecular weight excluding hydrogens is 368 g/mol. The quantitative estimate of drug-likeness (QED) is 0.603. The molecule has 0 aliphatic carbocycles. The SMILES string of the molecule is CCn1cc(Br)cc1C(=O)OC(c1ccccc1)c1ccccn1. The molecule has 0 fully saturated rings. The van der Waals surface area contributed by atoms with Gasteiger partial charge in [-0.05, 0) is 46.6 Å². The number of aromatic nitrogens is 2. The molecule has 0 amide bonds. The third kappa shape index (κ3) is 3.57. The van der Waals surface area contributed by atoms with Gasteiger partial charge in [-0.25, -0.2) is 4.79 Å². The van der Waals surface area contributed by atoms with Crippen molar-refractivity contribution in [1.82, 2.24) is 9.55 Å². The van der Waals surface area contributed by atoms with Gasteiger partial charge >= 0.3 is 5.97 Å². The van der Waals surface area contributed by atoms with Crippen molar-refractivity contribution in [2.45, 2.75) is 19.6 Å². The van der Waals surface area contributed by atoms with Crippen molar-refractivity contribution < 1.29 is 9.53 Å². The highest BCUT2D eigenvalue weighted by atomic mass is 79.9. The first-order valence-corrected chi connectivity index (χ1v) is 8.51. The summed E-state index contributed by atoms with van der Waals surface area (Å²) in [7, 11) is 0. The van der Waals surface area contributed by atoms with Crippen LogP contribution in [0.2, 0.25) is 0 Å². The number of esters is 1. The molecule has 2 aromatic heterocycles. The zero-order valence-electron chi connectivity index (χ0n) is 13.2. The molecule has 0 spiro atoms. The number of hydrogen-bond donors (Lipinski definition) is 0. The molecular formula is C19H17BrN2O2. The Morgan fingerprint density at radius 2 is 1.96 bits per heavy atom. The number of halogens is 1. The monoisotopic (exact) mass is 384 g/mol. The minimum atomic E-state index is -0.543. The maximum atomic E-state index is 12.7. The lowest BCUT2D eigenvalue weighted by Crippen LogP contribution is -2.16. The normalized spacial score (nSPS) is 11.9. The van der Waals surface area contributed by atoms with Crippen LogP contribution in [0.4, 0.5) is 0 Å². The van der Waals surface area contributed by atoms with Crippen molar-refractivity contribution in [1.29, 1.82) is 0 Å². The summed E-state index contributed by atoms with van der Waals surface area (Å²) in [5.74, 6) is -0.373. The van der Waals surface area contributed by atoms with Crippen LogP contribution < -0.4 is 0 Å². The van der Waals surface area contributed by atoms with E-state index in [-0.39, 0.29) is 5.97 Å². The lowest BCUT2D eigenvalue weighted by Gasteiger charge is -2.18. The number of nitrogens with zero attached hydrogens (tertiary/aromatic N) is 2. The Kier molecular flexibility index (Phi) is 5.11. The Bertz CT molecular complexity index is 776. The molecule has 3 rings (SSSR count). The molecule has 1 aromatic carbocycles. The molecule has 0 saturated heterocycles. The second-order valence-electron chi connectivity index (χ2n) is 5.28. The highest BCUT2D eigenvalue weighted by molar-refractivity contribution is 9.10. The summed E-state index contributed by atoms with van der Waals surface area (Å²) in [6, 6.07) is 17.0. The van der Waals surface area contributed by atoms with Crippen LogP contribution in [0.25, 0.3) is 0 Å². The molecule has 2 heterocycles. The van der Waals surface area contributed by atoms with E-state index in [4.69, 9.17) is 4.74 Å². The number of ether oxygens (including phenoxy) is 1. The van der Waals surface area contributed by atoms with E-state index in [1.807, 2.05) is 66.2 Å². The van der Waals surface area contributed by atoms with E-state index in [2.05, 4.69) is 20.9 Å². The van der Waals surface area contributed by atoms with Gasteiger partial charge in [0.25, 0.3) is 0 Å². The summed E-state index contributed by atoms with van der Waals surface area (Å²) in [5, 5.41) is 0. The van der Waals surface area contributed by atoms with Gasteiger partial charge in [-0.1, -0.05) is 36.4 Å². The minimum Gasteiger partial charge on any atom is -0.446 e. The fourth-order valence-electron chi connectivity index (χ4n) is 2.53. The van der Waals surface area contributed by atoms with Crippen molar-refractivity contribution >= 4 is 21.9 Å². The minimum absolute atomic E-state index is 0.373. The first-order chi connectivity index (χ1) is 11.7. The molecule has 122 valence electrons. The summed E-state index contributed by atoms with van der Waals surface area (Å²) in [4.78, 5) is 17.1.